The standard InChI is InChI=1S/C13H28N2/c1-5-6-11(3)13(8-14)15-9-10(2)7-12(15)4/h10-13H,5-9,14H2,1-4H3. The van der Waals surface area contributed by atoms with Gasteiger partial charge < -0.3 is 5.73 Å². The van der Waals surface area contributed by atoms with E-state index in [0.717, 1.165) is 24.4 Å². The Morgan fingerprint density at radius 3 is 2.47 bits per heavy atom. The van der Waals surface area contributed by atoms with Crippen molar-refractivity contribution in [2.75, 3.05) is 13.1 Å². The highest BCUT2D eigenvalue weighted by molar-refractivity contribution is 4.88. The van der Waals surface area contributed by atoms with E-state index in [-0.39, 0.29) is 0 Å². The topological polar surface area (TPSA) is 29.3 Å². The smallest absolute Gasteiger partial charge is 0.0246 e. The van der Waals surface area contributed by atoms with Gasteiger partial charge in [0.05, 0.1) is 0 Å². The number of rotatable bonds is 5. The summed E-state index contributed by atoms with van der Waals surface area (Å²) in [6.07, 6.45) is 3.92. The highest BCUT2D eigenvalue weighted by Crippen LogP contribution is 2.28. The van der Waals surface area contributed by atoms with E-state index in [9.17, 15) is 0 Å². The third kappa shape index (κ3) is 3.18. The Morgan fingerprint density at radius 2 is 2.07 bits per heavy atom. The molecule has 0 aromatic rings. The maximum Gasteiger partial charge on any atom is 0.0246 e. The molecule has 0 amide bonds. The zero-order valence-corrected chi connectivity index (χ0v) is 10.9. The van der Waals surface area contributed by atoms with Crippen molar-refractivity contribution >= 4 is 0 Å². The van der Waals surface area contributed by atoms with Crippen molar-refractivity contribution in [1.82, 2.24) is 4.90 Å². The van der Waals surface area contributed by atoms with Crippen LogP contribution < -0.4 is 5.73 Å². The van der Waals surface area contributed by atoms with Crippen LogP contribution in [0.5, 0.6) is 0 Å². The average molecular weight is 212 g/mol. The molecule has 90 valence electrons. The first kappa shape index (κ1) is 13.0. The molecule has 1 heterocycles. The summed E-state index contributed by atoms with van der Waals surface area (Å²) in [6.45, 7) is 11.4. The fraction of sp³-hybridized carbons (Fsp3) is 1.00. The molecule has 2 heteroatoms. The van der Waals surface area contributed by atoms with E-state index in [0.29, 0.717) is 6.04 Å². The number of hydrogen-bond donors (Lipinski definition) is 1. The Morgan fingerprint density at radius 1 is 1.40 bits per heavy atom. The van der Waals surface area contributed by atoms with Crippen molar-refractivity contribution < 1.29 is 0 Å². The monoisotopic (exact) mass is 212 g/mol. The predicted octanol–water partition coefficient (Wildman–Crippen LogP) is 2.48. The fourth-order valence-corrected chi connectivity index (χ4v) is 3.14. The molecular formula is C13H28N2. The van der Waals surface area contributed by atoms with Crippen LogP contribution in [0.1, 0.15) is 47.0 Å². The van der Waals surface area contributed by atoms with Gasteiger partial charge in [0, 0.05) is 25.2 Å². The van der Waals surface area contributed by atoms with Crippen LogP contribution in [0, 0.1) is 11.8 Å². The summed E-state index contributed by atoms with van der Waals surface area (Å²) in [4.78, 5) is 2.64. The fourth-order valence-electron chi connectivity index (χ4n) is 3.14. The molecule has 1 saturated heterocycles. The predicted molar refractivity (Wildman–Crippen MR) is 66.9 cm³/mol. The third-order valence-corrected chi connectivity index (χ3v) is 3.90. The molecule has 15 heavy (non-hydrogen) atoms. The highest BCUT2D eigenvalue weighted by Gasteiger charge is 2.33. The van der Waals surface area contributed by atoms with E-state index in [1.54, 1.807) is 0 Å². The Hall–Kier alpha value is -0.0800. The van der Waals surface area contributed by atoms with Gasteiger partial charge in [-0.25, -0.2) is 0 Å². The second-order valence-electron chi connectivity index (χ2n) is 5.46. The van der Waals surface area contributed by atoms with Crippen molar-refractivity contribution in [3.63, 3.8) is 0 Å². The Kier molecular flexibility index (Phi) is 5.07. The van der Waals surface area contributed by atoms with E-state index in [4.69, 9.17) is 5.73 Å². The lowest BCUT2D eigenvalue weighted by atomic mass is 9.95. The first-order valence-corrected chi connectivity index (χ1v) is 6.55. The molecule has 1 fully saturated rings. The van der Waals surface area contributed by atoms with Gasteiger partial charge in [0.1, 0.15) is 0 Å². The van der Waals surface area contributed by atoms with Crippen LogP contribution in [-0.2, 0) is 0 Å². The van der Waals surface area contributed by atoms with E-state index in [1.807, 2.05) is 0 Å². The largest absolute Gasteiger partial charge is 0.329 e. The summed E-state index contributed by atoms with van der Waals surface area (Å²) in [7, 11) is 0. The molecule has 0 spiro atoms. The van der Waals surface area contributed by atoms with Crippen LogP contribution in [0.4, 0.5) is 0 Å². The molecule has 2 N–H and O–H groups in total. The molecule has 2 nitrogen and oxygen atoms in total. The molecule has 1 rings (SSSR count). The van der Waals surface area contributed by atoms with Gasteiger partial charge in [-0.05, 0) is 31.6 Å². The van der Waals surface area contributed by atoms with Crippen LogP contribution in [0.25, 0.3) is 0 Å². The van der Waals surface area contributed by atoms with Crippen molar-refractivity contribution in [2.45, 2.75) is 59.0 Å². The molecule has 0 aliphatic carbocycles. The number of nitrogens with two attached hydrogens (primary N) is 1. The van der Waals surface area contributed by atoms with Crippen molar-refractivity contribution in [1.29, 1.82) is 0 Å². The van der Waals surface area contributed by atoms with Crippen LogP contribution >= 0.6 is 0 Å². The van der Waals surface area contributed by atoms with Crippen molar-refractivity contribution in [2.24, 2.45) is 17.6 Å². The second-order valence-corrected chi connectivity index (χ2v) is 5.46. The molecule has 0 aromatic heterocycles. The minimum Gasteiger partial charge on any atom is -0.329 e. The van der Waals surface area contributed by atoms with Gasteiger partial charge in [-0.1, -0.05) is 27.2 Å². The first-order chi connectivity index (χ1) is 7.10. The number of hydrogen-bond acceptors (Lipinski definition) is 2. The summed E-state index contributed by atoms with van der Waals surface area (Å²) < 4.78 is 0. The van der Waals surface area contributed by atoms with E-state index in [2.05, 4.69) is 32.6 Å². The molecule has 0 radical (unpaired) electrons. The van der Waals surface area contributed by atoms with Gasteiger partial charge in [0.15, 0.2) is 0 Å². The lowest BCUT2D eigenvalue weighted by Gasteiger charge is -2.35. The molecule has 4 unspecified atom stereocenters. The minimum absolute atomic E-state index is 0.602. The van der Waals surface area contributed by atoms with Gasteiger partial charge in [0.25, 0.3) is 0 Å². The van der Waals surface area contributed by atoms with Crippen molar-refractivity contribution in [3.05, 3.63) is 0 Å². The molecule has 0 aromatic carbocycles. The summed E-state index contributed by atoms with van der Waals surface area (Å²) in [6, 6.07) is 1.33. The quantitative estimate of drug-likeness (QED) is 0.758. The lowest BCUT2D eigenvalue weighted by molar-refractivity contribution is 0.139. The SMILES string of the molecule is CCCC(C)C(CN)N1CC(C)CC1C. The van der Waals surface area contributed by atoms with E-state index in [1.165, 1.54) is 25.8 Å². The summed E-state index contributed by atoms with van der Waals surface area (Å²) in [5.41, 5.74) is 5.95. The Labute approximate surface area is 95.2 Å². The number of likely N-dealkylation sites (tertiary alicyclic amines) is 1. The summed E-state index contributed by atoms with van der Waals surface area (Å²) in [5, 5.41) is 0. The molecular weight excluding hydrogens is 184 g/mol. The lowest BCUT2D eigenvalue weighted by Crippen LogP contribution is -2.46. The van der Waals surface area contributed by atoms with Crippen LogP contribution in [0.15, 0.2) is 0 Å². The van der Waals surface area contributed by atoms with Gasteiger partial charge in [-0.3, -0.25) is 4.90 Å². The maximum absolute atomic E-state index is 5.95. The Bertz CT molecular complexity index is 181. The van der Waals surface area contributed by atoms with Gasteiger partial charge in [-0.15, -0.1) is 0 Å². The van der Waals surface area contributed by atoms with Crippen molar-refractivity contribution in [3.8, 4) is 0 Å². The molecule has 4 atom stereocenters. The summed E-state index contributed by atoms with van der Waals surface area (Å²) >= 11 is 0. The van der Waals surface area contributed by atoms with E-state index >= 15 is 0 Å². The zero-order chi connectivity index (χ0) is 11.4. The van der Waals surface area contributed by atoms with E-state index < -0.39 is 0 Å². The molecule has 1 aliphatic rings. The van der Waals surface area contributed by atoms with Crippen LogP contribution in [0.2, 0.25) is 0 Å². The molecule has 0 bridgehead atoms. The highest BCUT2D eigenvalue weighted by atomic mass is 15.2. The third-order valence-electron chi connectivity index (χ3n) is 3.90. The van der Waals surface area contributed by atoms with Gasteiger partial charge in [-0.2, -0.15) is 0 Å². The first-order valence-electron chi connectivity index (χ1n) is 6.55. The normalized spacial score (nSPS) is 31.8. The van der Waals surface area contributed by atoms with Gasteiger partial charge >= 0.3 is 0 Å². The minimum atomic E-state index is 0.602. The Balaban J connectivity index is 2.57. The van der Waals surface area contributed by atoms with Crippen LogP contribution in [0.3, 0.4) is 0 Å². The molecule has 1 aliphatic heterocycles. The second kappa shape index (κ2) is 5.86. The zero-order valence-electron chi connectivity index (χ0n) is 10.9. The maximum atomic E-state index is 5.95. The summed E-state index contributed by atoms with van der Waals surface area (Å²) in [5.74, 6) is 1.59. The van der Waals surface area contributed by atoms with Crippen LogP contribution in [-0.4, -0.2) is 30.1 Å². The average Bonchev–Trinajstić information content (AvgIpc) is 2.47. The number of nitrogens with zero attached hydrogens (tertiary/aromatic N) is 1. The molecule has 0 saturated carbocycles. The van der Waals surface area contributed by atoms with Gasteiger partial charge in [0.2, 0.25) is 0 Å².